The Bertz CT molecular complexity index is 2760. The van der Waals surface area contributed by atoms with Crippen LogP contribution in [-0.4, -0.2) is 147 Å². The highest BCUT2D eigenvalue weighted by Crippen LogP contribution is 2.65. The summed E-state index contributed by atoms with van der Waals surface area (Å²) in [5.41, 5.74) is -7.38. The number of carboxylic acids is 1. The van der Waals surface area contributed by atoms with Crippen molar-refractivity contribution in [2.24, 2.45) is 16.7 Å². The summed E-state index contributed by atoms with van der Waals surface area (Å²) >= 11 is 0. The van der Waals surface area contributed by atoms with Crippen molar-refractivity contribution >= 4 is 69.3 Å². The van der Waals surface area contributed by atoms with Crippen molar-refractivity contribution in [1.29, 1.82) is 0 Å². The van der Waals surface area contributed by atoms with Crippen LogP contribution in [0.15, 0.2) is 102 Å². The molecule has 1 amide bonds. The van der Waals surface area contributed by atoms with E-state index in [1.807, 2.05) is 0 Å². The monoisotopic (exact) mass is 1140 g/mol. The molecule has 7 rings (SSSR count). The van der Waals surface area contributed by atoms with E-state index < -0.39 is 131 Å². The maximum Gasteiger partial charge on any atom is 0.509 e. The molecule has 1 aliphatic heterocycles. The number of nitrogens with one attached hydrogen (secondary N) is 1. The SMILES string of the molecule is CC(=O)O[C@H]1C(=O)[C@@]2(C)C([C@H](OC(O)c3ccccc3)[C@]3(O)C[C@H](OC(=O)[C@H](OC(=O)OCCSSCCOC(=O)CCC(=O)O)[C@@H](NC(=O)c4ccccc4)c4ccccc4)C(C)=C1C3(C)C)[C@]1(OC(C)=O)CO[C@@H]1C[C@@H]2O. The second kappa shape index (κ2) is 25.4. The zero-order valence-corrected chi connectivity index (χ0v) is 46.0. The van der Waals surface area contributed by atoms with Gasteiger partial charge in [-0.05, 0) is 42.7 Å². The molecule has 3 aromatic rings. The molecule has 3 fully saturated rings. The van der Waals surface area contributed by atoms with Crippen molar-refractivity contribution in [3.05, 3.63) is 119 Å². The fourth-order valence-corrected chi connectivity index (χ4v) is 12.9. The van der Waals surface area contributed by atoms with Gasteiger partial charge in [0.15, 0.2) is 23.8 Å². The Balaban J connectivity index is 1.29. The smallest absolute Gasteiger partial charge is 0.481 e. The molecule has 12 atom stereocenters. The second-order valence-electron chi connectivity index (χ2n) is 20.4. The Hall–Kier alpha value is -6.34. The van der Waals surface area contributed by atoms with Crippen LogP contribution in [0.5, 0.6) is 0 Å². The van der Waals surface area contributed by atoms with E-state index in [1.165, 1.54) is 47.6 Å². The molecule has 2 saturated carbocycles. The van der Waals surface area contributed by atoms with Gasteiger partial charge in [-0.25, -0.2) is 9.59 Å². The topological polar surface area (TPSA) is 303 Å². The number of ether oxygens (including phenoxy) is 8. The summed E-state index contributed by atoms with van der Waals surface area (Å²) in [5, 5.41) is 49.9. The number of rotatable bonds is 22. The molecule has 5 N–H and O–H groups in total. The first kappa shape index (κ1) is 60.3. The number of benzene rings is 3. The lowest BCUT2D eigenvalue weighted by Gasteiger charge is -2.68. The van der Waals surface area contributed by atoms with Gasteiger partial charge in [0, 0.05) is 60.7 Å². The summed E-state index contributed by atoms with van der Waals surface area (Å²) in [6.45, 7) is 7.62. The van der Waals surface area contributed by atoms with Gasteiger partial charge in [0.2, 0.25) is 6.10 Å². The summed E-state index contributed by atoms with van der Waals surface area (Å²) in [6.07, 6.45) is -14.7. The molecule has 3 aromatic carbocycles. The van der Waals surface area contributed by atoms with E-state index >= 15 is 9.59 Å². The summed E-state index contributed by atoms with van der Waals surface area (Å²) in [4.78, 5) is 108. The van der Waals surface area contributed by atoms with Gasteiger partial charge in [-0.2, -0.15) is 0 Å². The van der Waals surface area contributed by atoms with Crippen LogP contribution in [0.25, 0.3) is 0 Å². The minimum Gasteiger partial charge on any atom is -0.481 e. The highest BCUT2D eigenvalue weighted by atomic mass is 33.1. The van der Waals surface area contributed by atoms with Gasteiger partial charge in [0.25, 0.3) is 5.91 Å². The standard InChI is InChI=1S/C56H65NO20S2/c1-31-37(74-51(67)45(43(34-16-10-7-11-17-34)57-49(65)35-18-12-8-13-19-35)75-52(68)71-25-27-79-78-26-24-70-41(63)23-22-40(61)62)29-56(69)48(76-50(66)36-20-14-9-15-21-36)46-54(6,38(60)28-39-55(46,30-72-39)77-33(3)59)47(64)44(73-32(2)58)42(31)53(56,4)5/h7-21,37-39,43-46,48,50,60,66,69H,22-30H2,1-6H3,(H,57,65)(H,61,62)/t37-,38-,39+,43-,44+,45+,46?,48-,50?,54+,55-,56+/m0/s1. The first-order chi connectivity index (χ1) is 37.5. The Kier molecular flexibility index (Phi) is 19.4. The quantitative estimate of drug-likeness (QED) is 0.0206. The number of aliphatic hydroxyl groups excluding tert-OH is 2. The molecule has 2 bridgehead atoms. The fraction of sp³-hybridized carbons (Fsp3) is 0.500. The number of hydrogen-bond donors (Lipinski definition) is 5. The number of amides is 1. The van der Waals surface area contributed by atoms with E-state index in [9.17, 15) is 44.1 Å². The van der Waals surface area contributed by atoms with Crippen molar-refractivity contribution in [2.45, 2.75) is 127 Å². The molecular weight excluding hydrogens is 1070 g/mol. The molecule has 1 saturated heterocycles. The van der Waals surface area contributed by atoms with Crippen LogP contribution in [0.2, 0.25) is 0 Å². The third kappa shape index (κ3) is 12.8. The van der Waals surface area contributed by atoms with Crippen LogP contribution in [0.3, 0.4) is 0 Å². The van der Waals surface area contributed by atoms with Crippen LogP contribution in [-0.2, 0) is 66.7 Å². The molecule has 79 heavy (non-hydrogen) atoms. The number of carboxylic acid groups (broad SMARTS) is 1. The zero-order chi connectivity index (χ0) is 57.5. The molecule has 1 heterocycles. The molecule has 0 radical (unpaired) electrons. The van der Waals surface area contributed by atoms with E-state index in [-0.39, 0.29) is 72.7 Å². The highest BCUT2D eigenvalue weighted by Gasteiger charge is 2.78. The fourth-order valence-electron chi connectivity index (χ4n) is 11.3. The maximum absolute atomic E-state index is 15.8. The molecule has 0 aromatic heterocycles. The number of carbonyl (C=O) groups excluding carboxylic acids is 7. The van der Waals surface area contributed by atoms with Gasteiger partial charge in [-0.1, -0.05) is 114 Å². The van der Waals surface area contributed by atoms with Crippen LogP contribution in [0, 0.1) is 16.7 Å². The van der Waals surface area contributed by atoms with E-state index in [0.717, 1.165) is 13.8 Å². The first-order valence-corrected chi connectivity index (χ1v) is 28.0. The summed E-state index contributed by atoms with van der Waals surface area (Å²) in [5.74, 6) is -7.46. The molecule has 21 nitrogen and oxygen atoms in total. The predicted molar refractivity (Wildman–Crippen MR) is 281 cm³/mol. The van der Waals surface area contributed by atoms with Crippen molar-refractivity contribution in [3.8, 4) is 0 Å². The Morgan fingerprint density at radius 1 is 0.810 bits per heavy atom. The number of aliphatic carboxylic acids is 1. The Morgan fingerprint density at radius 2 is 1.41 bits per heavy atom. The lowest BCUT2D eigenvalue weighted by Crippen LogP contribution is -2.81. The summed E-state index contributed by atoms with van der Waals surface area (Å²) in [6, 6.07) is 22.6. The highest BCUT2D eigenvalue weighted by molar-refractivity contribution is 8.76. The van der Waals surface area contributed by atoms with E-state index in [2.05, 4.69) is 5.32 Å². The van der Waals surface area contributed by atoms with Crippen LogP contribution < -0.4 is 5.32 Å². The normalized spacial score (nSPS) is 27.8. The molecule has 4 aliphatic rings. The number of carbonyl (C=O) groups is 8. The van der Waals surface area contributed by atoms with Crippen LogP contribution in [0.4, 0.5) is 4.79 Å². The van der Waals surface area contributed by atoms with Crippen molar-refractivity contribution in [1.82, 2.24) is 5.32 Å². The van der Waals surface area contributed by atoms with Crippen molar-refractivity contribution in [3.63, 3.8) is 0 Å². The third-order valence-corrected chi connectivity index (χ3v) is 17.6. The maximum atomic E-state index is 15.8. The Labute approximate surface area is 463 Å². The minimum absolute atomic E-state index is 0.00203. The molecule has 0 spiro atoms. The summed E-state index contributed by atoms with van der Waals surface area (Å²) in [7, 11) is 2.52. The van der Waals surface area contributed by atoms with Gasteiger partial charge in [0.05, 0.1) is 37.1 Å². The molecule has 2 unspecified atom stereocenters. The average molecular weight is 1140 g/mol. The van der Waals surface area contributed by atoms with Crippen molar-refractivity contribution in [2.75, 3.05) is 31.3 Å². The number of Topliss-reactive ketones (excluding diaryl/α,β-unsaturated/α-hetero) is 1. The number of aliphatic hydroxyl groups is 3. The number of esters is 4. The van der Waals surface area contributed by atoms with Gasteiger partial charge >= 0.3 is 36.0 Å². The van der Waals surface area contributed by atoms with E-state index in [1.54, 1.807) is 92.7 Å². The predicted octanol–water partition coefficient (Wildman–Crippen LogP) is 5.54. The average Bonchev–Trinajstić information content (AvgIpc) is 3.29. The third-order valence-electron chi connectivity index (χ3n) is 15.2. The molecule has 426 valence electrons. The number of hydrogen-bond acceptors (Lipinski definition) is 21. The zero-order valence-electron chi connectivity index (χ0n) is 44.4. The first-order valence-electron chi connectivity index (χ1n) is 25.6. The Morgan fingerprint density at radius 3 is 1.97 bits per heavy atom. The van der Waals surface area contributed by atoms with E-state index in [0.29, 0.717) is 5.75 Å². The largest absolute Gasteiger partial charge is 0.509 e. The van der Waals surface area contributed by atoms with Crippen LogP contribution in [0.1, 0.15) is 101 Å². The van der Waals surface area contributed by atoms with Crippen LogP contribution >= 0.6 is 21.6 Å². The molecule has 23 heteroatoms. The van der Waals surface area contributed by atoms with Gasteiger partial charge in [0.1, 0.15) is 37.1 Å². The molecule has 3 aliphatic carbocycles. The van der Waals surface area contributed by atoms with Gasteiger partial charge in [-0.15, -0.1) is 0 Å². The molecular formula is C56H65NO20S2. The number of ketones is 1. The lowest BCUT2D eigenvalue weighted by atomic mass is 9.44. The van der Waals surface area contributed by atoms with Crippen molar-refractivity contribution < 1.29 is 96.7 Å². The second-order valence-corrected chi connectivity index (χ2v) is 23.1. The minimum atomic E-state index is -2.45. The van der Waals surface area contributed by atoms with E-state index in [4.69, 9.17) is 43.0 Å². The van der Waals surface area contributed by atoms with Gasteiger partial charge < -0.3 is 63.6 Å². The number of fused-ring (bicyclic) bond motifs is 5. The lowest BCUT2D eigenvalue weighted by molar-refractivity contribution is -0.361. The van der Waals surface area contributed by atoms with Gasteiger partial charge in [-0.3, -0.25) is 28.8 Å². The summed E-state index contributed by atoms with van der Waals surface area (Å²) < 4.78 is 47.4.